The van der Waals surface area contributed by atoms with Crippen molar-refractivity contribution in [3.63, 3.8) is 0 Å². The van der Waals surface area contributed by atoms with Gasteiger partial charge < -0.3 is 5.32 Å². The Morgan fingerprint density at radius 1 is 1.41 bits per heavy atom. The second kappa shape index (κ2) is 4.73. The summed E-state index contributed by atoms with van der Waals surface area (Å²) in [5, 5.41) is 7.79. The van der Waals surface area contributed by atoms with E-state index in [1.165, 1.54) is 0 Å². The van der Waals surface area contributed by atoms with Crippen LogP contribution in [0.15, 0.2) is 18.3 Å². The van der Waals surface area contributed by atoms with Gasteiger partial charge in [-0.15, -0.1) is 5.10 Å². The molecule has 0 fully saturated rings. The largest absolute Gasteiger partial charge is 0.350 e. The van der Waals surface area contributed by atoms with Crippen molar-refractivity contribution in [1.29, 1.82) is 0 Å². The Bertz CT molecular complexity index is 503. The zero-order valence-corrected chi connectivity index (χ0v) is 10.9. The molecule has 2 aromatic heterocycles. The summed E-state index contributed by atoms with van der Waals surface area (Å²) in [6, 6.07) is 4.42. The van der Waals surface area contributed by atoms with Gasteiger partial charge in [-0.2, -0.15) is 4.98 Å². The van der Waals surface area contributed by atoms with Gasteiger partial charge in [-0.3, -0.25) is 0 Å². The number of anilines is 1. The minimum Gasteiger partial charge on any atom is -0.350 e. The molecule has 2 rings (SSSR count). The molecule has 2 unspecified atom stereocenters. The SMILES string of the molecule is CCC(C)C(C)Nc1nc2c(C)cccn2n1. The van der Waals surface area contributed by atoms with E-state index in [0.717, 1.165) is 17.6 Å². The van der Waals surface area contributed by atoms with E-state index >= 15 is 0 Å². The fourth-order valence-corrected chi connectivity index (χ4v) is 1.80. The lowest BCUT2D eigenvalue weighted by Gasteiger charge is -2.18. The number of hydrogen-bond acceptors (Lipinski definition) is 3. The second-order valence-electron chi connectivity index (χ2n) is 4.71. The molecule has 0 aromatic carbocycles. The van der Waals surface area contributed by atoms with E-state index in [-0.39, 0.29) is 0 Å². The molecular weight excluding hydrogens is 212 g/mol. The van der Waals surface area contributed by atoms with Crippen LogP contribution in [0, 0.1) is 12.8 Å². The maximum Gasteiger partial charge on any atom is 0.243 e. The van der Waals surface area contributed by atoms with Gasteiger partial charge in [0.15, 0.2) is 5.65 Å². The summed E-state index contributed by atoms with van der Waals surface area (Å²) < 4.78 is 1.82. The van der Waals surface area contributed by atoms with E-state index in [2.05, 4.69) is 36.2 Å². The number of nitrogens with one attached hydrogen (secondary N) is 1. The average molecular weight is 232 g/mol. The van der Waals surface area contributed by atoms with Crippen molar-refractivity contribution in [2.24, 2.45) is 5.92 Å². The fourth-order valence-electron chi connectivity index (χ4n) is 1.80. The zero-order chi connectivity index (χ0) is 12.4. The molecule has 0 saturated carbocycles. The van der Waals surface area contributed by atoms with Gasteiger partial charge in [-0.1, -0.05) is 26.3 Å². The van der Waals surface area contributed by atoms with Crippen LogP contribution in [0.4, 0.5) is 5.95 Å². The molecule has 0 radical (unpaired) electrons. The number of aromatic nitrogens is 3. The van der Waals surface area contributed by atoms with Gasteiger partial charge in [-0.25, -0.2) is 4.52 Å². The molecular formula is C13H20N4. The lowest BCUT2D eigenvalue weighted by Crippen LogP contribution is -2.23. The van der Waals surface area contributed by atoms with Crippen molar-refractivity contribution in [1.82, 2.24) is 14.6 Å². The topological polar surface area (TPSA) is 42.2 Å². The Kier molecular flexibility index (Phi) is 3.31. The van der Waals surface area contributed by atoms with Crippen molar-refractivity contribution in [3.8, 4) is 0 Å². The predicted octanol–water partition coefficient (Wildman–Crippen LogP) is 2.88. The molecule has 0 saturated heterocycles. The highest BCUT2D eigenvalue weighted by Gasteiger charge is 2.12. The van der Waals surface area contributed by atoms with E-state index < -0.39 is 0 Å². The lowest BCUT2D eigenvalue weighted by atomic mass is 10.0. The van der Waals surface area contributed by atoms with Crippen LogP contribution in [0.3, 0.4) is 0 Å². The van der Waals surface area contributed by atoms with Crippen LogP contribution < -0.4 is 5.32 Å². The van der Waals surface area contributed by atoms with Crippen LogP contribution in [0.1, 0.15) is 32.8 Å². The van der Waals surface area contributed by atoms with Gasteiger partial charge in [0.2, 0.25) is 5.95 Å². The normalized spacial score (nSPS) is 14.8. The summed E-state index contributed by atoms with van der Waals surface area (Å²) >= 11 is 0. The predicted molar refractivity (Wildman–Crippen MR) is 70.3 cm³/mol. The molecule has 4 nitrogen and oxygen atoms in total. The quantitative estimate of drug-likeness (QED) is 0.881. The van der Waals surface area contributed by atoms with E-state index in [1.807, 2.05) is 29.8 Å². The van der Waals surface area contributed by atoms with Gasteiger partial charge in [0.25, 0.3) is 0 Å². The molecule has 0 bridgehead atoms. The van der Waals surface area contributed by atoms with Crippen LogP contribution in [0.2, 0.25) is 0 Å². The third kappa shape index (κ3) is 2.40. The highest BCUT2D eigenvalue weighted by molar-refractivity contribution is 5.49. The minimum absolute atomic E-state index is 0.387. The summed E-state index contributed by atoms with van der Waals surface area (Å²) in [5.41, 5.74) is 2.07. The summed E-state index contributed by atoms with van der Waals surface area (Å²) in [7, 11) is 0. The monoisotopic (exact) mass is 232 g/mol. The molecule has 2 atom stereocenters. The van der Waals surface area contributed by atoms with Crippen LogP contribution in [0.25, 0.3) is 5.65 Å². The average Bonchev–Trinajstić information content (AvgIpc) is 2.72. The van der Waals surface area contributed by atoms with Crippen LogP contribution in [-0.4, -0.2) is 20.6 Å². The first-order valence-electron chi connectivity index (χ1n) is 6.20. The van der Waals surface area contributed by atoms with Gasteiger partial charge in [0.05, 0.1) is 0 Å². The van der Waals surface area contributed by atoms with E-state index in [9.17, 15) is 0 Å². The van der Waals surface area contributed by atoms with Crippen LogP contribution in [-0.2, 0) is 0 Å². The summed E-state index contributed by atoms with van der Waals surface area (Å²) in [6.07, 6.45) is 3.08. The van der Waals surface area contributed by atoms with Crippen molar-refractivity contribution >= 4 is 11.6 Å². The van der Waals surface area contributed by atoms with E-state index in [1.54, 1.807) is 0 Å². The summed E-state index contributed by atoms with van der Waals surface area (Å²) in [5.74, 6) is 1.33. The van der Waals surface area contributed by atoms with Crippen molar-refractivity contribution in [2.75, 3.05) is 5.32 Å². The van der Waals surface area contributed by atoms with E-state index in [0.29, 0.717) is 17.9 Å². The highest BCUT2D eigenvalue weighted by Crippen LogP contribution is 2.14. The number of pyridine rings is 1. The molecule has 17 heavy (non-hydrogen) atoms. The first-order valence-corrected chi connectivity index (χ1v) is 6.20. The first-order chi connectivity index (χ1) is 8.11. The molecule has 92 valence electrons. The Labute approximate surface area is 102 Å². The molecule has 0 aliphatic rings. The minimum atomic E-state index is 0.387. The molecule has 2 heterocycles. The second-order valence-corrected chi connectivity index (χ2v) is 4.71. The lowest BCUT2D eigenvalue weighted by molar-refractivity contribution is 0.492. The van der Waals surface area contributed by atoms with Crippen molar-refractivity contribution in [2.45, 2.75) is 40.2 Å². The number of aryl methyl sites for hydroxylation is 1. The fraction of sp³-hybridized carbons (Fsp3) is 0.538. The molecule has 0 amide bonds. The number of fused-ring (bicyclic) bond motifs is 1. The third-order valence-corrected chi connectivity index (χ3v) is 3.41. The summed E-state index contributed by atoms with van der Waals surface area (Å²) in [6.45, 7) is 8.65. The Balaban J connectivity index is 2.23. The first kappa shape index (κ1) is 11.9. The van der Waals surface area contributed by atoms with Crippen molar-refractivity contribution < 1.29 is 0 Å². The molecule has 0 spiro atoms. The van der Waals surface area contributed by atoms with Crippen LogP contribution >= 0.6 is 0 Å². The molecule has 1 N–H and O–H groups in total. The standard InChI is InChI=1S/C13H20N4/c1-5-9(2)11(4)14-13-15-12-10(3)7-6-8-17(12)16-13/h6-9,11H,5H2,1-4H3,(H,14,16). The maximum absolute atomic E-state index is 4.51. The van der Waals surface area contributed by atoms with Gasteiger partial charge >= 0.3 is 0 Å². The highest BCUT2D eigenvalue weighted by atomic mass is 15.3. The Hall–Kier alpha value is -1.58. The smallest absolute Gasteiger partial charge is 0.243 e. The summed E-state index contributed by atoms with van der Waals surface area (Å²) in [4.78, 5) is 4.51. The van der Waals surface area contributed by atoms with Crippen molar-refractivity contribution in [3.05, 3.63) is 23.9 Å². The Morgan fingerprint density at radius 2 is 2.18 bits per heavy atom. The molecule has 2 aromatic rings. The third-order valence-electron chi connectivity index (χ3n) is 3.41. The van der Waals surface area contributed by atoms with Crippen LogP contribution in [0.5, 0.6) is 0 Å². The number of rotatable bonds is 4. The maximum atomic E-state index is 4.51. The van der Waals surface area contributed by atoms with Gasteiger partial charge in [0.1, 0.15) is 0 Å². The van der Waals surface area contributed by atoms with E-state index in [4.69, 9.17) is 0 Å². The molecule has 0 aliphatic carbocycles. The number of hydrogen-bond donors (Lipinski definition) is 1. The molecule has 0 aliphatic heterocycles. The van der Waals surface area contributed by atoms with Gasteiger partial charge in [-0.05, 0) is 31.4 Å². The van der Waals surface area contributed by atoms with Gasteiger partial charge in [0, 0.05) is 12.2 Å². The Morgan fingerprint density at radius 3 is 2.82 bits per heavy atom. The number of nitrogens with zero attached hydrogens (tertiary/aromatic N) is 3. The molecule has 4 heteroatoms. The zero-order valence-electron chi connectivity index (χ0n) is 10.9.